The van der Waals surface area contributed by atoms with E-state index in [2.05, 4.69) is 0 Å². The standard InChI is InChI=1S/C11H13NO4/c1-7-11(16-8(2)15-7)9-5-3-4-6-10(9)12(13)14/h3-8,11H,1-2H3/t7-,8?,11+/m0/s1. The summed E-state index contributed by atoms with van der Waals surface area (Å²) >= 11 is 0. The molecule has 1 unspecified atom stereocenters. The van der Waals surface area contributed by atoms with E-state index in [4.69, 9.17) is 9.47 Å². The number of ether oxygens (including phenoxy) is 2. The number of para-hydroxylation sites is 1. The van der Waals surface area contributed by atoms with Crippen LogP contribution in [0.5, 0.6) is 0 Å². The lowest BCUT2D eigenvalue weighted by atomic mass is 10.0. The number of hydrogen-bond acceptors (Lipinski definition) is 4. The maximum absolute atomic E-state index is 10.9. The van der Waals surface area contributed by atoms with Gasteiger partial charge in [0.15, 0.2) is 6.29 Å². The van der Waals surface area contributed by atoms with Crippen LogP contribution in [-0.4, -0.2) is 17.3 Å². The van der Waals surface area contributed by atoms with Crippen molar-refractivity contribution in [3.05, 3.63) is 39.9 Å². The molecule has 1 heterocycles. The second kappa shape index (κ2) is 4.19. The van der Waals surface area contributed by atoms with E-state index in [0.717, 1.165) is 0 Å². The van der Waals surface area contributed by atoms with E-state index < -0.39 is 4.92 Å². The number of hydrogen-bond donors (Lipinski definition) is 0. The van der Waals surface area contributed by atoms with Gasteiger partial charge in [-0.25, -0.2) is 0 Å². The Morgan fingerprint density at radius 1 is 1.25 bits per heavy atom. The van der Waals surface area contributed by atoms with Crippen LogP contribution in [0.2, 0.25) is 0 Å². The minimum atomic E-state index is -0.394. The molecule has 1 aliphatic heterocycles. The summed E-state index contributed by atoms with van der Waals surface area (Å²) in [6.07, 6.45) is -0.854. The fraction of sp³-hybridized carbons (Fsp3) is 0.455. The van der Waals surface area contributed by atoms with Gasteiger partial charge in [-0.05, 0) is 19.9 Å². The normalized spacial score (nSPS) is 29.2. The second-order valence-electron chi connectivity index (χ2n) is 3.78. The highest BCUT2D eigenvalue weighted by Crippen LogP contribution is 2.36. The predicted octanol–water partition coefficient (Wildman–Crippen LogP) is 2.42. The summed E-state index contributed by atoms with van der Waals surface area (Å²) in [5.41, 5.74) is 0.654. The van der Waals surface area contributed by atoms with Crippen LogP contribution in [0.25, 0.3) is 0 Å². The third-order valence-electron chi connectivity index (χ3n) is 2.61. The summed E-state index contributed by atoms with van der Waals surface area (Å²) in [5, 5.41) is 10.9. The molecule has 1 fully saturated rings. The van der Waals surface area contributed by atoms with Crippen molar-refractivity contribution >= 4 is 5.69 Å². The smallest absolute Gasteiger partial charge is 0.275 e. The molecule has 5 heteroatoms. The van der Waals surface area contributed by atoms with Crippen LogP contribution in [0, 0.1) is 10.1 Å². The zero-order valence-corrected chi connectivity index (χ0v) is 9.12. The summed E-state index contributed by atoms with van der Waals surface area (Å²) in [4.78, 5) is 10.5. The molecule has 86 valence electrons. The summed E-state index contributed by atoms with van der Waals surface area (Å²) in [6.45, 7) is 3.64. The number of nitro benzene ring substituents is 1. The first-order valence-electron chi connectivity index (χ1n) is 5.14. The van der Waals surface area contributed by atoms with Crippen molar-refractivity contribution in [1.29, 1.82) is 0 Å². The van der Waals surface area contributed by atoms with Gasteiger partial charge in [0, 0.05) is 6.07 Å². The Morgan fingerprint density at radius 2 is 1.94 bits per heavy atom. The van der Waals surface area contributed by atoms with Crippen LogP contribution in [0.3, 0.4) is 0 Å². The van der Waals surface area contributed by atoms with Crippen molar-refractivity contribution < 1.29 is 14.4 Å². The molecule has 0 aliphatic carbocycles. The number of nitrogens with zero attached hydrogens (tertiary/aromatic N) is 1. The van der Waals surface area contributed by atoms with Crippen LogP contribution < -0.4 is 0 Å². The van der Waals surface area contributed by atoms with Gasteiger partial charge in [-0.3, -0.25) is 10.1 Å². The first-order chi connectivity index (χ1) is 7.59. The Labute approximate surface area is 93.1 Å². The van der Waals surface area contributed by atoms with Crippen LogP contribution in [0.4, 0.5) is 5.69 Å². The zero-order valence-electron chi connectivity index (χ0n) is 9.12. The lowest BCUT2D eigenvalue weighted by molar-refractivity contribution is -0.386. The van der Waals surface area contributed by atoms with Gasteiger partial charge >= 0.3 is 0 Å². The average Bonchev–Trinajstić information content (AvgIpc) is 2.57. The molecule has 0 saturated carbocycles. The second-order valence-corrected chi connectivity index (χ2v) is 3.78. The topological polar surface area (TPSA) is 61.6 Å². The van der Waals surface area contributed by atoms with Gasteiger partial charge in [0.1, 0.15) is 6.10 Å². The zero-order chi connectivity index (χ0) is 11.7. The molecule has 3 atom stereocenters. The molecule has 1 aromatic carbocycles. The van der Waals surface area contributed by atoms with Crippen LogP contribution >= 0.6 is 0 Å². The number of benzene rings is 1. The fourth-order valence-electron chi connectivity index (χ4n) is 1.94. The van der Waals surface area contributed by atoms with Gasteiger partial charge in [0.05, 0.1) is 16.6 Å². The van der Waals surface area contributed by atoms with E-state index in [9.17, 15) is 10.1 Å². The molecule has 0 aromatic heterocycles. The van der Waals surface area contributed by atoms with Crippen LogP contribution in [0.15, 0.2) is 24.3 Å². The van der Waals surface area contributed by atoms with E-state index in [-0.39, 0.29) is 24.2 Å². The minimum Gasteiger partial charge on any atom is -0.347 e. The minimum absolute atomic E-state index is 0.0806. The van der Waals surface area contributed by atoms with Crippen LogP contribution in [0.1, 0.15) is 25.5 Å². The average molecular weight is 223 g/mol. The van der Waals surface area contributed by atoms with E-state index in [1.807, 2.05) is 6.92 Å². The highest BCUT2D eigenvalue weighted by Gasteiger charge is 2.35. The molecule has 0 amide bonds. The van der Waals surface area contributed by atoms with Gasteiger partial charge in [-0.2, -0.15) is 0 Å². The van der Waals surface area contributed by atoms with Crippen molar-refractivity contribution in [2.75, 3.05) is 0 Å². The quantitative estimate of drug-likeness (QED) is 0.570. The molecule has 0 bridgehead atoms. The first-order valence-corrected chi connectivity index (χ1v) is 5.14. The van der Waals surface area contributed by atoms with E-state index >= 15 is 0 Å². The largest absolute Gasteiger partial charge is 0.347 e. The molecule has 0 radical (unpaired) electrons. The van der Waals surface area contributed by atoms with Gasteiger partial charge in [-0.1, -0.05) is 12.1 Å². The highest BCUT2D eigenvalue weighted by atomic mass is 16.7. The summed E-state index contributed by atoms with van der Waals surface area (Å²) in [6, 6.07) is 6.60. The van der Waals surface area contributed by atoms with Gasteiger partial charge in [0.2, 0.25) is 0 Å². The SMILES string of the molecule is CC1O[C@@H](C)[C@H](c2ccccc2[N+](=O)[O-])O1. The highest BCUT2D eigenvalue weighted by molar-refractivity contribution is 5.42. The van der Waals surface area contributed by atoms with Gasteiger partial charge in [-0.15, -0.1) is 0 Å². The molecular weight excluding hydrogens is 210 g/mol. The Hall–Kier alpha value is -1.46. The van der Waals surface area contributed by atoms with Gasteiger partial charge < -0.3 is 9.47 Å². The first kappa shape index (κ1) is 11.0. The third kappa shape index (κ3) is 1.91. The molecule has 0 spiro atoms. The molecule has 16 heavy (non-hydrogen) atoms. The molecule has 1 aliphatic rings. The fourth-order valence-corrected chi connectivity index (χ4v) is 1.94. The third-order valence-corrected chi connectivity index (χ3v) is 2.61. The van der Waals surface area contributed by atoms with E-state index in [1.54, 1.807) is 25.1 Å². The molecule has 1 saturated heterocycles. The molecular formula is C11H13NO4. The maximum atomic E-state index is 10.9. The van der Waals surface area contributed by atoms with Crippen molar-refractivity contribution in [3.8, 4) is 0 Å². The van der Waals surface area contributed by atoms with E-state index in [0.29, 0.717) is 5.56 Å². The lowest BCUT2D eigenvalue weighted by Crippen LogP contribution is -2.12. The Bertz CT molecular complexity index is 407. The molecule has 1 aromatic rings. The maximum Gasteiger partial charge on any atom is 0.275 e. The Morgan fingerprint density at radius 3 is 2.50 bits per heavy atom. The van der Waals surface area contributed by atoms with Crippen molar-refractivity contribution in [2.24, 2.45) is 0 Å². The van der Waals surface area contributed by atoms with Crippen molar-refractivity contribution in [3.63, 3.8) is 0 Å². The molecule has 2 rings (SSSR count). The Balaban J connectivity index is 2.36. The van der Waals surface area contributed by atoms with E-state index in [1.165, 1.54) is 6.07 Å². The molecule has 5 nitrogen and oxygen atoms in total. The number of rotatable bonds is 2. The predicted molar refractivity (Wildman–Crippen MR) is 56.9 cm³/mol. The van der Waals surface area contributed by atoms with Crippen molar-refractivity contribution in [2.45, 2.75) is 32.3 Å². The van der Waals surface area contributed by atoms with Gasteiger partial charge in [0.25, 0.3) is 5.69 Å². The summed E-state index contributed by atoms with van der Waals surface area (Å²) in [5.74, 6) is 0. The number of nitro groups is 1. The summed E-state index contributed by atoms with van der Waals surface area (Å²) in [7, 11) is 0. The van der Waals surface area contributed by atoms with Crippen LogP contribution in [-0.2, 0) is 9.47 Å². The molecule has 0 N–H and O–H groups in total. The lowest BCUT2D eigenvalue weighted by Gasteiger charge is -2.12. The summed E-state index contributed by atoms with van der Waals surface area (Å²) < 4.78 is 10.9. The van der Waals surface area contributed by atoms with Crippen molar-refractivity contribution in [1.82, 2.24) is 0 Å². The monoisotopic (exact) mass is 223 g/mol. The Kier molecular flexibility index (Phi) is 2.89.